The van der Waals surface area contributed by atoms with Gasteiger partial charge in [-0.2, -0.15) is 0 Å². The van der Waals surface area contributed by atoms with E-state index in [1.54, 1.807) is 18.4 Å². The monoisotopic (exact) mass is 270 g/mol. The number of nitrogens with one attached hydrogen (secondary N) is 1. The van der Waals surface area contributed by atoms with Crippen molar-refractivity contribution in [2.24, 2.45) is 5.84 Å². The second-order valence-electron chi connectivity index (χ2n) is 4.29. The summed E-state index contributed by atoms with van der Waals surface area (Å²) in [6.07, 6.45) is 3.98. The molecule has 0 fully saturated rings. The number of rotatable bonds is 4. The smallest absolute Gasteiger partial charge is 0.127 e. The third-order valence-corrected chi connectivity index (χ3v) is 3.44. The van der Waals surface area contributed by atoms with Gasteiger partial charge in [0.15, 0.2) is 0 Å². The van der Waals surface area contributed by atoms with Gasteiger partial charge < -0.3 is 4.74 Å². The standard InChI is InChI=1S/C13H16ClFN2O/c14-11-4-1-5-12(15)10(11)7-13(17-16)9-3-2-6-18-8-9/h1,4-5,8,13,17H,2-3,6-7,16H2. The Labute approximate surface area is 111 Å². The average molecular weight is 271 g/mol. The Hall–Kier alpha value is -1.10. The Kier molecular flexibility index (Phi) is 4.58. The Bertz CT molecular complexity index is 430. The summed E-state index contributed by atoms with van der Waals surface area (Å²) in [6, 6.07) is 4.52. The van der Waals surface area contributed by atoms with Crippen LogP contribution in [0.25, 0.3) is 0 Å². The van der Waals surface area contributed by atoms with Crippen LogP contribution in [-0.4, -0.2) is 12.6 Å². The van der Waals surface area contributed by atoms with Gasteiger partial charge >= 0.3 is 0 Å². The van der Waals surface area contributed by atoms with Crippen LogP contribution >= 0.6 is 11.6 Å². The fraction of sp³-hybridized carbons (Fsp3) is 0.385. The maximum atomic E-state index is 13.7. The lowest BCUT2D eigenvalue weighted by Gasteiger charge is -2.23. The van der Waals surface area contributed by atoms with E-state index >= 15 is 0 Å². The fourth-order valence-corrected chi connectivity index (χ4v) is 2.31. The first-order valence-electron chi connectivity index (χ1n) is 5.92. The first-order chi connectivity index (χ1) is 8.72. The number of halogens is 2. The zero-order valence-corrected chi connectivity index (χ0v) is 10.7. The molecule has 0 aromatic heterocycles. The lowest BCUT2D eigenvalue weighted by molar-refractivity contribution is 0.219. The van der Waals surface area contributed by atoms with Gasteiger partial charge in [0, 0.05) is 16.6 Å². The van der Waals surface area contributed by atoms with Crippen LogP contribution in [0.1, 0.15) is 18.4 Å². The molecular formula is C13H16ClFN2O. The molecule has 0 saturated carbocycles. The number of hydrogen-bond acceptors (Lipinski definition) is 3. The van der Waals surface area contributed by atoms with E-state index in [-0.39, 0.29) is 11.9 Å². The maximum Gasteiger partial charge on any atom is 0.127 e. The predicted octanol–water partition coefficient (Wildman–Crippen LogP) is 2.55. The van der Waals surface area contributed by atoms with Crippen LogP contribution in [0.2, 0.25) is 5.02 Å². The molecule has 1 atom stereocenters. The first kappa shape index (κ1) is 13.3. The Morgan fingerprint density at radius 1 is 1.50 bits per heavy atom. The van der Waals surface area contributed by atoms with Crippen molar-refractivity contribution in [3.8, 4) is 0 Å². The second kappa shape index (κ2) is 6.18. The molecule has 0 bridgehead atoms. The van der Waals surface area contributed by atoms with Crippen molar-refractivity contribution in [1.29, 1.82) is 0 Å². The number of benzene rings is 1. The summed E-state index contributed by atoms with van der Waals surface area (Å²) >= 11 is 6.01. The van der Waals surface area contributed by atoms with E-state index in [2.05, 4.69) is 5.43 Å². The molecule has 98 valence electrons. The number of nitrogens with two attached hydrogens (primary N) is 1. The molecule has 0 radical (unpaired) electrons. The van der Waals surface area contributed by atoms with Crippen LogP contribution in [-0.2, 0) is 11.2 Å². The van der Waals surface area contributed by atoms with E-state index < -0.39 is 0 Å². The maximum absolute atomic E-state index is 13.7. The SMILES string of the molecule is NNC(Cc1c(F)cccc1Cl)C1=COCCC1. The minimum atomic E-state index is -0.305. The van der Waals surface area contributed by atoms with E-state index in [0.717, 1.165) is 25.0 Å². The minimum absolute atomic E-state index is 0.153. The molecule has 0 amide bonds. The lowest BCUT2D eigenvalue weighted by Crippen LogP contribution is -2.39. The van der Waals surface area contributed by atoms with Gasteiger partial charge in [0.05, 0.1) is 12.9 Å². The lowest BCUT2D eigenvalue weighted by atomic mass is 9.96. The summed E-state index contributed by atoms with van der Waals surface area (Å²) in [5.41, 5.74) is 4.23. The van der Waals surface area contributed by atoms with Crippen molar-refractivity contribution >= 4 is 11.6 Å². The van der Waals surface area contributed by atoms with Crippen LogP contribution in [0.15, 0.2) is 30.0 Å². The second-order valence-corrected chi connectivity index (χ2v) is 4.70. The van der Waals surface area contributed by atoms with Crippen molar-refractivity contribution < 1.29 is 9.13 Å². The van der Waals surface area contributed by atoms with E-state index in [1.165, 1.54) is 6.07 Å². The highest BCUT2D eigenvalue weighted by Crippen LogP contribution is 2.24. The molecule has 3 N–H and O–H groups in total. The summed E-state index contributed by atoms with van der Waals surface area (Å²) in [7, 11) is 0. The van der Waals surface area contributed by atoms with Gasteiger partial charge in [0.1, 0.15) is 5.82 Å². The molecular weight excluding hydrogens is 255 g/mol. The Morgan fingerprint density at radius 3 is 2.94 bits per heavy atom. The zero-order chi connectivity index (χ0) is 13.0. The van der Waals surface area contributed by atoms with Crippen molar-refractivity contribution in [1.82, 2.24) is 5.43 Å². The van der Waals surface area contributed by atoms with Crippen LogP contribution in [0.3, 0.4) is 0 Å². The highest BCUT2D eigenvalue weighted by Gasteiger charge is 2.19. The van der Waals surface area contributed by atoms with Crippen molar-refractivity contribution in [3.05, 3.63) is 46.4 Å². The quantitative estimate of drug-likeness (QED) is 0.653. The first-order valence-corrected chi connectivity index (χ1v) is 6.29. The molecule has 5 heteroatoms. The Morgan fingerprint density at radius 2 is 2.33 bits per heavy atom. The third-order valence-electron chi connectivity index (χ3n) is 3.08. The van der Waals surface area contributed by atoms with E-state index in [1.807, 2.05) is 0 Å². The van der Waals surface area contributed by atoms with E-state index in [0.29, 0.717) is 17.0 Å². The van der Waals surface area contributed by atoms with Gasteiger partial charge in [-0.15, -0.1) is 0 Å². The minimum Gasteiger partial charge on any atom is -0.501 e. The normalized spacial score (nSPS) is 16.9. The molecule has 1 aliphatic heterocycles. The van der Waals surface area contributed by atoms with Gasteiger partial charge in [-0.05, 0) is 37.0 Å². The molecule has 0 saturated heterocycles. The number of hydrogen-bond donors (Lipinski definition) is 2. The summed E-state index contributed by atoms with van der Waals surface area (Å²) in [5, 5.41) is 0.424. The zero-order valence-electron chi connectivity index (χ0n) is 9.96. The highest BCUT2D eigenvalue weighted by atomic mass is 35.5. The topological polar surface area (TPSA) is 47.3 Å². The average Bonchev–Trinajstić information content (AvgIpc) is 2.40. The Balaban J connectivity index is 2.17. The van der Waals surface area contributed by atoms with Crippen molar-refractivity contribution in [2.75, 3.05) is 6.61 Å². The van der Waals surface area contributed by atoms with Crippen molar-refractivity contribution in [2.45, 2.75) is 25.3 Å². The molecule has 0 spiro atoms. The molecule has 1 unspecified atom stereocenters. The van der Waals surface area contributed by atoms with Crippen LogP contribution < -0.4 is 11.3 Å². The number of ether oxygens (including phenoxy) is 1. The van der Waals surface area contributed by atoms with E-state index in [4.69, 9.17) is 22.2 Å². The van der Waals surface area contributed by atoms with Gasteiger partial charge in [0.25, 0.3) is 0 Å². The molecule has 1 aliphatic rings. The fourth-order valence-electron chi connectivity index (χ4n) is 2.07. The molecule has 1 heterocycles. The summed E-state index contributed by atoms with van der Waals surface area (Å²) in [5.74, 6) is 5.23. The van der Waals surface area contributed by atoms with Gasteiger partial charge in [-0.25, -0.2) is 4.39 Å². The summed E-state index contributed by atoms with van der Waals surface area (Å²) in [6.45, 7) is 0.723. The molecule has 1 aromatic rings. The van der Waals surface area contributed by atoms with Gasteiger partial charge in [-0.3, -0.25) is 11.3 Å². The third kappa shape index (κ3) is 3.02. The van der Waals surface area contributed by atoms with Crippen LogP contribution in [0, 0.1) is 5.82 Å². The molecule has 2 rings (SSSR count). The van der Waals surface area contributed by atoms with E-state index in [9.17, 15) is 4.39 Å². The van der Waals surface area contributed by atoms with Gasteiger partial charge in [0.2, 0.25) is 0 Å². The molecule has 3 nitrogen and oxygen atoms in total. The number of hydrazine groups is 1. The predicted molar refractivity (Wildman–Crippen MR) is 69.5 cm³/mol. The highest BCUT2D eigenvalue weighted by molar-refractivity contribution is 6.31. The van der Waals surface area contributed by atoms with Crippen LogP contribution in [0.4, 0.5) is 4.39 Å². The molecule has 18 heavy (non-hydrogen) atoms. The van der Waals surface area contributed by atoms with Gasteiger partial charge in [-0.1, -0.05) is 17.7 Å². The molecule has 0 aliphatic carbocycles. The van der Waals surface area contributed by atoms with Crippen molar-refractivity contribution in [3.63, 3.8) is 0 Å². The summed E-state index contributed by atoms with van der Waals surface area (Å²) in [4.78, 5) is 0. The van der Waals surface area contributed by atoms with Crippen LogP contribution in [0.5, 0.6) is 0 Å². The largest absolute Gasteiger partial charge is 0.501 e. The summed E-state index contributed by atoms with van der Waals surface area (Å²) < 4.78 is 19.0. The molecule has 1 aromatic carbocycles.